The van der Waals surface area contributed by atoms with Gasteiger partial charge in [-0.25, -0.2) is 0 Å². The van der Waals surface area contributed by atoms with Crippen LogP contribution in [0.15, 0.2) is 24.3 Å². The number of quaternary nitrogens is 2. The van der Waals surface area contributed by atoms with Crippen LogP contribution in [0.25, 0.3) is 0 Å². The van der Waals surface area contributed by atoms with E-state index in [4.69, 9.17) is 16.3 Å². The molecule has 0 unspecified atom stereocenters. The van der Waals surface area contributed by atoms with Crippen LogP contribution in [0.3, 0.4) is 0 Å². The molecule has 5 nitrogen and oxygen atoms in total. The molecule has 2 aliphatic rings. The van der Waals surface area contributed by atoms with Crippen molar-refractivity contribution in [1.82, 2.24) is 5.32 Å². The van der Waals surface area contributed by atoms with Crippen LogP contribution in [0.2, 0.25) is 5.02 Å². The summed E-state index contributed by atoms with van der Waals surface area (Å²) in [6.07, 6.45) is 6.31. The minimum absolute atomic E-state index is 0.133. The highest BCUT2D eigenvalue weighted by molar-refractivity contribution is 6.30. The number of morpholine rings is 1. The predicted octanol–water partition coefficient (Wildman–Crippen LogP) is 0.699. The number of carbonyl (C=O) groups is 1. The molecule has 1 heterocycles. The average molecular weight is 396 g/mol. The average Bonchev–Trinajstić information content (AvgIpc) is 2.72. The molecule has 6 heteroatoms. The highest BCUT2D eigenvalue weighted by Crippen LogP contribution is 2.25. The minimum atomic E-state index is 0.133. The summed E-state index contributed by atoms with van der Waals surface area (Å²) in [7, 11) is 0. The van der Waals surface area contributed by atoms with Crippen molar-refractivity contribution >= 4 is 17.5 Å². The van der Waals surface area contributed by atoms with Gasteiger partial charge in [-0.15, -0.1) is 0 Å². The molecule has 0 spiro atoms. The number of amides is 1. The van der Waals surface area contributed by atoms with E-state index < -0.39 is 0 Å². The second kappa shape index (κ2) is 9.87. The lowest BCUT2D eigenvalue weighted by molar-refractivity contribution is -0.960. The first-order valence-electron chi connectivity index (χ1n) is 10.4. The molecular formula is C21H34ClN3O2+2. The molecule has 1 saturated heterocycles. The Morgan fingerprint density at radius 3 is 2.56 bits per heavy atom. The standard InChI is InChI=1S/C21H32ClN3O2/c1-17(18-5-7-19(22)8-6-18)23-15-20(26)24-16-21(9-3-2-4-10-21)25-11-13-27-14-12-25/h5-8,17,23H,2-4,9-16H2,1H3,(H,24,26)/p+2/t17-/m1/s1. The SMILES string of the molecule is C[C@@H]([NH2+]CC(=O)NCC1([NH+]2CCOCC2)CCCCC1)c1ccc(Cl)cc1. The van der Waals surface area contributed by atoms with Gasteiger partial charge in [0.2, 0.25) is 0 Å². The fraction of sp³-hybridized carbons (Fsp3) is 0.667. The summed E-state index contributed by atoms with van der Waals surface area (Å²) in [4.78, 5) is 14.1. The van der Waals surface area contributed by atoms with E-state index in [1.807, 2.05) is 24.3 Å². The van der Waals surface area contributed by atoms with E-state index in [9.17, 15) is 4.79 Å². The van der Waals surface area contributed by atoms with E-state index in [-0.39, 0.29) is 17.5 Å². The number of nitrogens with two attached hydrogens (primary N) is 1. The van der Waals surface area contributed by atoms with Gasteiger partial charge in [-0.05, 0) is 31.9 Å². The molecule has 1 saturated carbocycles. The van der Waals surface area contributed by atoms with Crippen molar-refractivity contribution < 1.29 is 19.7 Å². The normalized spacial score (nSPS) is 21.6. The molecule has 0 radical (unpaired) electrons. The maximum atomic E-state index is 12.5. The van der Waals surface area contributed by atoms with Crippen LogP contribution < -0.4 is 15.5 Å². The van der Waals surface area contributed by atoms with Crippen LogP contribution in [0.5, 0.6) is 0 Å². The Balaban J connectivity index is 1.49. The van der Waals surface area contributed by atoms with E-state index in [0.29, 0.717) is 6.54 Å². The van der Waals surface area contributed by atoms with Crippen molar-refractivity contribution in [3.8, 4) is 0 Å². The molecule has 27 heavy (non-hydrogen) atoms. The molecule has 3 rings (SSSR count). The molecule has 0 aromatic heterocycles. The summed E-state index contributed by atoms with van der Waals surface area (Å²) in [6, 6.07) is 8.10. The maximum absolute atomic E-state index is 12.5. The van der Waals surface area contributed by atoms with Gasteiger partial charge in [0.15, 0.2) is 6.54 Å². The molecule has 0 bridgehead atoms. The van der Waals surface area contributed by atoms with Gasteiger partial charge in [-0.3, -0.25) is 4.79 Å². The van der Waals surface area contributed by atoms with Gasteiger partial charge < -0.3 is 20.3 Å². The van der Waals surface area contributed by atoms with E-state index in [1.54, 1.807) is 4.90 Å². The molecular weight excluding hydrogens is 362 g/mol. The van der Waals surface area contributed by atoms with Crippen molar-refractivity contribution in [2.75, 3.05) is 39.4 Å². The summed E-state index contributed by atoms with van der Waals surface area (Å²) in [5.74, 6) is 0.133. The van der Waals surface area contributed by atoms with Gasteiger partial charge in [-0.1, -0.05) is 30.2 Å². The third kappa shape index (κ3) is 5.67. The van der Waals surface area contributed by atoms with Gasteiger partial charge in [0.05, 0.1) is 19.8 Å². The van der Waals surface area contributed by atoms with Crippen molar-refractivity contribution in [3.63, 3.8) is 0 Å². The first-order valence-corrected chi connectivity index (χ1v) is 10.8. The summed E-state index contributed by atoms with van der Waals surface area (Å²) in [5, 5.41) is 6.09. The second-order valence-corrected chi connectivity index (χ2v) is 8.55. The largest absolute Gasteiger partial charge is 0.370 e. The third-order valence-corrected chi connectivity index (χ3v) is 6.59. The number of benzene rings is 1. The lowest BCUT2D eigenvalue weighted by Gasteiger charge is -2.44. The van der Waals surface area contributed by atoms with E-state index >= 15 is 0 Å². The number of carbonyl (C=O) groups excluding carboxylic acids is 1. The lowest BCUT2D eigenvalue weighted by atomic mass is 9.79. The van der Waals surface area contributed by atoms with Gasteiger partial charge in [0, 0.05) is 23.4 Å². The minimum Gasteiger partial charge on any atom is -0.370 e. The van der Waals surface area contributed by atoms with Gasteiger partial charge >= 0.3 is 0 Å². The van der Waals surface area contributed by atoms with Gasteiger partial charge in [0.25, 0.3) is 5.91 Å². The monoisotopic (exact) mass is 395 g/mol. The highest BCUT2D eigenvalue weighted by Gasteiger charge is 2.42. The Bertz CT molecular complexity index is 596. The molecule has 150 valence electrons. The smallest absolute Gasteiger partial charge is 0.275 e. The van der Waals surface area contributed by atoms with E-state index in [0.717, 1.165) is 37.9 Å². The van der Waals surface area contributed by atoms with Gasteiger partial charge in [0.1, 0.15) is 24.7 Å². The summed E-state index contributed by atoms with van der Waals surface area (Å²) in [5.41, 5.74) is 1.40. The van der Waals surface area contributed by atoms with E-state index in [1.165, 1.54) is 37.7 Å². The topological polar surface area (TPSA) is 59.4 Å². The molecule has 1 aliphatic carbocycles. The van der Waals surface area contributed by atoms with Crippen molar-refractivity contribution in [1.29, 1.82) is 0 Å². The van der Waals surface area contributed by atoms with Crippen LogP contribution in [0.4, 0.5) is 0 Å². The first-order chi connectivity index (χ1) is 13.1. The van der Waals surface area contributed by atoms with Crippen LogP contribution in [0.1, 0.15) is 50.6 Å². The Hall–Kier alpha value is -1.14. The molecule has 4 N–H and O–H groups in total. The Morgan fingerprint density at radius 2 is 1.89 bits per heavy atom. The number of rotatable bonds is 7. The zero-order valence-electron chi connectivity index (χ0n) is 16.4. The fourth-order valence-electron chi connectivity index (χ4n) is 4.56. The Kier molecular flexibility index (Phi) is 7.53. The number of hydrogen-bond acceptors (Lipinski definition) is 2. The summed E-state index contributed by atoms with van der Waals surface area (Å²) in [6.45, 7) is 7.19. The number of halogens is 1. The molecule has 1 aliphatic heterocycles. The zero-order chi connectivity index (χ0) is 19.1. The molecule has 2 fully saturated rings. The molecule has 1 amide bonds. The number of hydrogen-bond donors (Lipinski definition) is 3. The molecule has 1 atom stereocenters. The van der Waals surface area contributed by atoms with Gasteiger partial charge in [-0.2, -0.15) is 0 Å². The fourth-order valence-corrected chi connectivity index (χ4v) is 4.68. The number of ether oxygens (including phenoxy) is 1. The van der Waals surface area contributed by atoms with Crippen LogP contribution in [0, 0.1) is 0 Å². The summed E-state index contributed by atoms with van der Waals surface area (Å²) >= 11 is 5.95. The second-order valence-electron chi connectivity index (χ2n) is 8.11. The van der Waals surface area contributed by atoms with Crippen molar-refractivity contribution in [3.05, 3.63) is 34.9 Å². The molecule has 1 aromatic carbocycles. The Labute approximate surface area is 167 Å². The lowest BCUT2D eigenvalue weighted by Crippen LogP contribution is -3.23. The van der Waals surface area contributed by atoms with Crippen molar-refractivity contribution in [2.24, 2.45) is 0 Å². The zero-order valence-corrected chi connectivity index (χ0v) is 17.2. The van der Waals surface area contributed by atoms with Crippen LogP contribution >= 0.6 is 11.6 Å². The highest BCUT2D eigenvalue weighted by atomic mass is 35.5. The molecule has 1 aromatic rings. The first kappa shape index (κ1) is 20.6. The summed E-state index contributed by atoms with van der Waals surface area (Å²) < 4.78 is 5.55. The number of nitrogens with one attached hydrogen (secondary N) is 2. The third-order valence-electron chi connectivity index (χ3n) is 6.33. The Morgan fingerprint density at radius 1 is 1.22 bits per heavy atom. The predicted molar refractivity (Wildman–Crippen MR) is 107 cm³/mol. The van der Waals surface area contributed by atoms with Crippen molar-refractivity contribution in [2.45, 2.75) is 50.6 Å². The quantitative estimate of drug-likeness (QED) is 0.636. The van der Waals surface area contributed by atoms with Crippen LogP contribution in [-0.4, -0.2) is 50.8 Å². The van der Waals surface area contributed by atoms with E-state index in [2.05, 4.69) is 17.6 Å². The van der Waals surface area contributed by atoms with Crippen LogP contribution in [-0.2, 0) is 9.53 Å². The maximum Gasteiger partial charge on any atom is 0.275 e.